The first-order valence-corrected chi connectivity index (χ1v) is 6.50. The summed E-state index contributed by atoms with van der Waals surface area (Å²) in [6, 6.07) is 0. The second kappa shape index (κ2) is 10.3. The van der Waals surface area contributed by atoms with Gasteiger partial charge in [-0.1, -0.05) is 13.8 Å². The van der Waals surface area contributed by atoms with Gasteiger partial charge >= 0.3 is 5.97 Å². The third kappa shape index (κ3) is 6.33. The van der Waals surface area contributed by atoms with Gasteiger partial charge in [-0.05, 0) is 19.3 Å². The van der Waals surface area contributed by atoms with E-state index in [0.29, 0.717) is 52.3 Å². The van der Waals surface area contributed by atoms with Crippen LogP contribution in [0, 0.1) is 5.41 Å². The minimum absolute atomic E-state index is 0.460. The maximum atomic E-state index is 11.2. The van der Waals surface area contributed by atoms with E-state index in [1.54, 1.807) is 7.11 Å². The van der Waals surface area contributed by atoms with Gasteiger partial charge in [-0.2, -0.15) is 0 Å². The summed E-state index contributed by atoms with van der Waals surface area (Å²) in [6.07, 6.45) is 1.81. The third-order valence-electron chi connectivity index (χ3n) is 3.34. The standard InChI is InChI=1S/C13H26O5/c1-4-13(5-2,12(14)15)6-7-17-10-11-18-9-8-16-3/h4-11H2,1-3H3,(H,14,15). The fourth-order valence-corrected chi connectivity index (χ4v) is 1.74. The van der Waals surface area contributed by atoms with Crippen LogP contribution in [0.4, 0.5) is 0 Å². The van der Waals surface area contributed by atoms with Crippen molar-refractivity contribution < 1.29 is 24.1 Å². The fraction of sp³-hybridized carbons (Fsp3) is 0.923. The molecule has 5 nitrogen and oxygen atoms in total. The van der Waals surface area contributed by atoms with Crippen LogP contribution in [0.2, 0.25) is 0 Å². The van der Waals surface area contributed by atoms with Crippen LogP contribution in [-0.2, 0) is 19.0 Å². The number of carboxylic acid groups (broad SMARTS) is 1. The van der Waals surface area contributed by atoms with Crippen LogP contribution in [0.3, 0.4) is 0 Å². The van der Waals surface area contributed by atoms with Crippen molar-refractivity contribution in [2.75, 3.05) is 40.1 Å². The van der Waals surface area contributed by atoms with Crippen molar-refractivity contribution in [3.8, 4) is 0 Å². The highest BCUT2D eigenvalue weighted by Gasteiger charge is 2.34. The Labute approximate surface area is 109 Å². The number of hydrogen-bond acceptors (Lipinski definition) is 4. The zero-order valence-electron chi connectivity index (χ0n) is 11.7. The zero-order chi connectivity index (χ0) is 13.9. The van der Waals surface area contributed by atoms with E-state index in [0.717, 1.165) is 0 Å². The Bertz CT molecular complexity index is 213. The summed E-state index contributed by atoms with van der Waals surface area (Å²) in [5.74, 6) is -0.729. The number of ether oxygens (including phenoxy) is 3. The van der Waals surface area contributed by atoms with Crippen LogP contribution in [0.1, 0.15) is 33.1 Å². The zero-order valence-corrected chi connectivity index (χ0v) is 11.7. The van der Waals surface area contributed by atoms with Gasteiger partial charge in [0.15, 0.2) is 0 Å². The van der Waals surface area contributed by atoms with Crippen LogP contribution in [0.15, 0.2) is 0 Å². The molecule has 0 amide bonds. The maximum absolute atomic E-state index is 11.2. The van der Waals surface area contributed by atoms with Crippen molar-refractivity contribution in [1.29, 1.82) is 0 Å². The van der Waals surface area contributed by atoms with Crippen molar-refractivity contribution in [2.24, 2.45) is 5.41 Å². The van der Waals surface area contributed by atoms with Crippen LogP contribution >= 0.6 is 0 Å². The summed E-state index contributed by atoms with van der Waals surface area (Å²) in [5.41, 5.74) is -0.642. The highest BCUT2D eigenvalue weighted by atomic mass is 16.5. The normalized spacial score (nSPS) is 11.7. The maximum Gasteiger partial charge on any atom is 0.309 e. The molecule has 0 aliphatic carbocycles. The number of aliphatic carboxylic acids is 1. The summed E-state index contributed by atoms with van der Waals surface area (Å²) < 4.78 is 15.5. The van der Waals surface area contributed by atoms with Crippen LogP contribution in [0.25, 0.3) is 0 Å². The van der Waals surface area contributed by atoms with Crippen molar-refractivity contribution in [3.63, 3.8) is 0 Å². The van der Waals surface area contributed by atoms with Gasteiger partial charge in [0.1, 0.15) is 0 Å². The van der Waals surface area contributed by atoms with Crippen molar-refractivity contribution in [2.45, 2.75) is 33.1 Å². The minimum Gasteiger partial charge on any atom is -0.481 e. The summed E-state index contributed by atoms with van der Waals surface area (Å²) in [7, 11) is 1.63. The van der Waals surface area contributed by atoms with Crippen molar-refractivity contribution in [3.05, 3.63) is 0 Å². The van der Waals surface area contributed by atoms with E-state index < -0.39 is 11.4 Å². The van der Waals surface area contributed by atoms with E-state index in [-0.39, 0.29) is 0 Å². The van der Waals surface area contributed by atoms with E-state index >= 15 is 0 Å². The molecule has 0 saturated heterocycles. The molecule has 1 N–H and O–H groups in total. The first-order chi connectivity index (χ1) is 8.63. The Morgan fingerprint density at radius 3 is 1.94 bits per heavy atom. The SMILES string of the molecule is CCC(CC)(CCOCCOCCOC)C(=O)O. The first-order valence-electron chi connectivity index (χ1n) is 6.50. The van der Waals surface area contributed by atoms with Gasteiger partial charge in [-0.25, -0.2) is 0 Å². The van der Waals surface area contributed by atoms with Crippen molar-refractivity contribution in [1.82, 2.24) is 0 Å². The third-order valence-corrected chi connectivity index (χ3v) is 3.34. The van der Waals surface area contributed by atoms with Gasteiger partial charge in [0, 0.05) is 13.7 Å². The van der Waals surface area contributed by atoms with Crippen LogP contribution in [-0.4, -0.2) is 51.2 Å². The Kier molecular flexibility index (Phi) is 9.92. The smallest absolute Gasteiger partial charge is 0.309 e. The van der Waals surface area contributed by atoms with Crippen molar-refractivity contribution >= 4 is 5.97 Å². The molecule has 0 saturated carbocycles. The summed E-state index contributed by atoms with van der Waals surface area (Å²) >= 11 is 0. The second-order valence-electron chi connectivity index (χ2n) is 4.26. The predicted octanol–water partition coefficient (Wildman–Crippen LogP) is 1.95. The van der Waals surface area contributed by atoms with Gasteiger partial charge < -0.3 is 19.3 Å². The molecule has 108 valence electrons. The lowest BCUT2D eigenvalue weighted by Gasteiger charge is -2.26. The summed E-state index contributed by atoms with van der Waals surface area (Å²) in [6.45, 7) is 6.42. The topological polar surface area (TPSA) is 65.0 Å². The van der Waals surface area contributed by atoms with E-state index in [4.69, 9.17) is 14.2 Å². The minimum atomic E-state index is -0.729. The summed E-state index contributed by atoms with van der Waals surface area (Å²) in [4.78, 5) is 11.2. The first kappa shape index (κ1) is 17.4. The molecule has 0 atom stereocenters. The van der Waals surface area contributed by atoms with Crippen LogP contribution in [0.5, 0.6) is 0 Å². The highest BCUT2D eigenvalue weighted by Crippen LogP contribution is 2.30. The average Bonchev–Trinajstić information content (AvgIpc) is 2.37. The molecule has 0 radical (unpaired) electrons. The van der Waals surface area contributed by atoms with Gasteiger partial charge in [0.2, 0.25) is 0 Å². The van der Waals surface area contributed by atoms with Gasteiger partial charge in [-0.15, -0.1) is 0 Å². The molecule has 0 heterocycles. The second-order valence-corrected chi connectivity index (χ2v) is 4.26. The summed E-state index contributed by atoms with van der Waals surface area (Å²) in [5, 5.41) is 9.23. The van der Waals surface area contributed by atoms with E-state index in [1.807, 2.05) is 13.8 Å². The van der Waals surface area contributed by atoms with Gasteiger partial charge in [-0.3, -0.25) is 4.79 Å². The molecule has 0 bridgehead atoms. The number of hydrogen-bond donors (Lipinski definition) is 1. The Balaban J connectivity index is 3.65. The van der Waals surface area contributed by atoms with E-state index in [2.05, 4.69) is 0 Å². The monoisotopic (exact) mass is 262 g/mol. The largest absolute Gasteiger partial charge is 0.481 e. The van der Waals surface area contributed by atoms with Gasteiger partial charge in [0.25, 0.3) is 0 Å². The fourth-order valence-electron chi connectivity index (χ4n) is 1.74. The predicted molar refractivity (Wildman–Crippen MR) is 68.8 cm³/mol. The lowest BCUT2D eigenvalue weighted by molar-refractivity contribution is -0.151. The molecule has 0 aromatic carbocycles. The Morgan fingerprint density at radius 1 is 1.00 bits per heavy atom. The molecule has 18 heavy (non-hydrogen) atoms. The molecule has 0 aromatic rings. The molecule has 0 aliphatic heterocycles. The number of rotatable bonds is 12. The number of carbonyl (C=O) groups is 1. The molecular formula is C13H26O5. The lowest BCUT2D eigenvalue weighted by Crippen LogP contribution is -2.31. The van der Waals surface area contributed by atoms with Crippen LogP contribution < -0.4 is 0 Å². The average molecular weight is 262 g/mol. The molecule has 0 aliphatic rings. The molecule has 0 rings (SSSR count). The number of carboxylic acids is 1. The molecule has 0 aromatic heterocycles. The molecule has 0 spiro atoms. The Morgan fingerprint density at radius 2 is 1.50 bits per heavy atom. The highest BCUT2D eigenvalue weighted by molar-refractivity contribution is 5.74. The van der Waals surface area contributed by atoms with E-state index in [1.165, 1.54) is 0 Å². The molecule has 0 unspecified atom stereocenters. The van der Waals surface area contributed by atoms with E-state index in [9.17, 15) is 9.90 Å². The van der Waals surface area contributed by atoms with Gasteiger partial charge in [0.05, 0.1) is 31.8 Å². The molecular weight excluding hydrogens is 236 g/mol. The quantitative estimate of drug-likeness (QED) is 0.545. The lowest BCUT2D eigenvalue weighted by atomic mass is 9.79. The number of methoxy groups -OCH3 is 1. The molecule has 0 fully saturated rings. The molecule has 5 heteroatoms. The Hall–Kier alpha value is -0.650.